The molecule has 0 fully saturated rings. The maximum atomic E-state index is 13.1. The summed E-state index contributed by atoms with van der Waals surface area (Å²) in [6.07, 6.45) is 3.62. The number of aromatic nitrogens is 1. The van der Waals surface area contributed by atoms with E-state index in [1.165, 1.54) is 6.07 Å². The summed E-state index contributed by atoms with van der Waals surface area (Å²) in [5, 5.41) is 5.63. The molecular weight excluding hydrogens is 275 g/mol. The number of fused-ring (bicyclic) bond motifs is 1. The summed E-state index contributed by atoms with van der Waals surface area (Å²) in [4.78, 5) is 4.11. The Morgan fingerprint density at radius 3 is 2.90 bits per heavy atom. The second-order valence-corrected chi connectivity index (χ2v) is 4.90. The van der Waals surface area contributed by atoms with Gasteiger partial charge in [-0.05, 0) is 35.2 Å². The first-order chi connectivity index (χ1) is 9.74. The van der Waals surface area contributed by atoms with E-state index in [1.807, 2.05) is 24.4 Å². The van der Waals surface area contributed by atoms with Gasteiger partial charge in [-0.15, -0.1) is 0 Å². The fourth-order valence-corrected chi connectivity index (χ4v) is 2.33. The van der Waals surface area contributed by atoms with Crippen molar-refractivity contribution in [1.82, 2.24) is 4.98 Å². The zero-order valence-electron chi connectivity index (χ0n) is 10.6. The Kier molecular flexibility index (Phi) is 3.52. The van der Waals surface area contributed by atoms with Gasteiger partial charge in [0.05, 0.1) is 5.02 Å². The normalized spacial score (nSPS) is 10.7. The van der Waals surface area contributed by atoms with E-state index in [1.54, 1.807) is 18.3 Å². The van der Waals surface area contributed by atoms with E-state index in [0.717, 1.165) is 22.0 Å². The van der Waals surface area contributed by atoms with E-state index in [2.05, 4.69) is 16.4 Å². The number of benzene rings is 2. The van der Waals surface area contributed by atoms with Crippen LogP contribution in [0.3, 0.4) is 0 Å². The first kappa shape index (κ1) is 12.9. The Hall–Kier alpha value is -2.13. The van der Waals surface area contributed by atoms with Crippen LogP contribution < -0.4 is 5.32 Å². The maximum Gasteiger partial charge on any atom is 0.141 e. The number of hydrogen-bond acceptors (Lipinski definition) is 2. The monoisotopic (exact) mass is 286 g/mol. The summed E-state index contributed by atoms with van der Waals surface area (Å²) in [6.45, 7) is 0.642. The molecule has 0 amide bonds. The van der Waals surface area contributed by atoms with Crippen LogP contribution >= 0.6 is 11.6 Å². The average molecular weight is 287 g/mol. The van der Waals surface area contributed by atoms with Crippen molar-refractivity contribution in [3.05, 3.63) is 71.3 Å². The molecule has 2 nitrogen and oxygen atoms in total. The average Bonchev–Trinajstić information content (AvgIpc) is 2.48. The Labute approximate surface area is 121 Å². The lowest BCUT2D eigenvalue weighted by Gasteiger charge is -2.09. The molecular formula is C16H12ClFN2. The molecule has 0 aliphatic carbocycles. The SMILES string of the molecule is Fc1ccc(NCc2cccc3cnccc23)cc1Cl. The van der Waals surface area contributed by atoms with Crippen molar-refractivity contribution in [2.45, 2.75) is 6.54 Å². The molecule has 0 bridgehead atoms. The van der Waals surface area contributed by atoms with Crippen LogP contribution in [0.25, 0.3) is 10.8 Å². The van der Waals surface area contributed by atoms with Crippen LogP contribution in [0, 0.1) is 5.82 Å². The van der Waals surface area contributed by atoms with Crippen molar-refractivity contribution in [2.75, 3.05) is 5.32 Å². The molecule has 0 saturated carbocycles. The van der Waals surface area contributed by atoms with Crippen molar-refractivity contribution < 1.29 is 4.39 Å². The van der Waals surface area contributed by atoms with Gasteiger partial charge in [0.2, 0.25) is 0 Å². The van der Waals surface area contributed by atoms with Crippen LogP contribution in [0.5, 0.6) is 0 Å². The van der Waals surface area contributed by atoms with Crippen LogP contribution in [0.15, 0.2) is 54.9 Å². The van der Waals surface area contributed by atoms with E-state index in [4.69, 9.17) is 11.6 Å². The number of hydrogen-bond donors (Lipinski definition) is 1. The summed E-state index contributed by atoms with van der Waals surface area (Å²) in [5.41, 5.74) is 1.95. The highest BCUT2D eigenvalue weighted by atomic mass is 35.5. The van der Waals surface area contributed by atoms with Gasteiger partial charge in [0.15, 0.2) is 0 Å². The third-order valence-electron chi connectivity index (χ3n) is 3.17. The Balaban J connectivity index is 1.85. The number of anilines is 1. The smallest absolute Gasteiger partial charge is 0.141 e. The van der Waals surface area contributed by atoms with E-state index in [9.17, 15) is 4.39 Å². The van der Waals surface area contributed by atoms with Crippen LogP contribution in [0.1, 0.15) is 5.56 Å². The van der Waals surface area contributed by atoms with Gasteiger partial charge in [-0.3, -0.25) is 4.98 Å². The Bertz CT molecular complexity index is 753. The van der Waals surface area contributed by atoms with Crippen molar-refractivity contribution in [3.63, 3.8) is 0 Å². The van der Waals surface area contributed by atoms with Crippen LogP contribution in [0.4, 0.5) is 10.1 Å². The fraction of sp³-hybridized carbons (Fsp3) is 0.0625. The topological polar surface area (TPSA) is 24.9 Å². The predicted molar refractivity (Wildman–Crippen MR) is 80.5 cm³/mol. The molecule has 0 radical (unpaired) electrons. The summed E-state index contributed by atoms with van der Waals surface area (Å²) in [7, 11) is 0. The molecule has 0 spiro atoms. The molecule has 1 heterocycles. The van der Waals surface area contributed by atoms with Crippen molar-refractivity contribution >= 4 is 28.1 Å². The zero-order chi connectivity index (χ0) is 13.9. The molecule has 3 aromatic rings. The third-order valence-corrected chi connectivity index (χ3v) is 3.46. The largest absolute Gasteiger partial charge is 0.381 e. The molecule has 2 aromatic carbocycles. The van der Waals surface area contributed by atoms with Gasteiger partial charge in [-0.25, -0.2) is 4.39 Å². The first-order valence-corrected chi connectivity index (χ1v) is 6.62. The minimum absolute atomic E-state index is 0.122. The van der Waals surface area contributed by atoms with Gasteiger partial charge >= 0.3 is 0 Å². The molecule has 1 aromatic heterocycles. The Morgan fingerprint density at radius 1 is 1.15 bits per heavy atom. The highest BCUT2D eigenvalue weighted by Crippen LogP contribution is 2.22. The van der Waals surface area contributed by atoms with E-state index >= 15 is 0 Å². The second kappa shape index (κ2) is 5.47. The fourth-order valence-electron chi connectivity index (χ4n) is 2.15. The van der Waals surface area contributed by atoms with Gasteiger partial charge in [-0.1, -0.05) is 29.8 Å². The summed E-state index contributed by atoms with van der Waals surface area (Å²) < 4.78 is 13.1. The van der Waals surface area contributed by atoms with E-state index in [-0.39, 0.29) is 5.02 Å². The summed E-state index contributed by atoms with van der Waals surface area (Å²) >= 11 is 5.77. The van der Waals surface area contributed by atoms with Crippen molar-refractivity contribution in [2.24, 2.45) is 0 Å². The summed E-state index contributed by atoms with van der Waals surface area (Å²) in [6, 6.07) is 12.7. The van der Waals surface area contributed by atoms with E-state index in [0.29, 0.717) is 6.54 Å². The second-order valence-electron chi connectivity index (χ2n) is 4.50. The quantitative estimate of drug-likeness (QED) is 0.759. The highest BCUT2D eigenvalue weighted by molar-refractivity contribution is 6.31. The van der Waals surface area contributed by atoms with Gasteiger partial charge in [0, 0.05) is 30.0 Å². The van der Waals surface area contributed by atoms with Gasteiger partial charge in [0.25, 0.3) is 0 Å². The van der Waals surface area contributed by atoms with Crippen molar-refractivity contribution in [3.8, 4) is 0 Å². The van der Waals surface area contributed by atoms with Gasteiger partial charge in [0.1, 0.15) is 5.82 Å². The van der Waals surface area contributed by atoms with Crippen LogP contribution in [0.2, 0.25) is 5.02 Å². The molecule has 20 heavy (non-hydrogen) atoms. The number of rotatable bonds is 3. The number of pyridine rings is 1. The zero-order valence-corrected chi connectivity index (χ0v) is 11.4. The van der Waals surface area contributed by atoms with E-state index < -0.39 is 5.82 Å². The van der Waals surface area contributed by atoms with Gasteiger partial charge < -0.3 is 5.32 Å². The third kappa shape index (κ3) is 2.58. The number of nitrogens with one attached hydrogen (secondary N) is 1. The lowest BCUT2D eigenvalue weighted by atomic mass is 10.1. The van der Waals surface area contributed by atoms with Crippen LogP contribution in [-0.4, -0.2) is 4.98 Å². The number of nitrogens with zero attached hydrogens (tertiary/aromatic N) is 1. The standard InChI is InChI=1S/C16H12ClFN2/c17-15-8-13(4-5-16(15)18)20-10-12-3-1-2-11-9-19-7-6-14(11)12/h1-9,20H,10H2. The Morgan fingerprint density at radius 2 is 2.05 bits per heavy atom. The molecule has 0 atom stereocenters. The molecule has 0 aliphatic rings. The molecule has 100 valence electrons. The lowest BCUT2D eigenvalue weighted by Crippen LogP contribution is -2.00. The molecule has 0 aliphatic heterocycles. The minimum Gasteiger partial charge on any atom is -0.381 e. The minimum atomic E-state index is -0.409. The highest BCUT2D eigenvalue weighted by Gasteiger charge is 2.03. The lowest BCUT2D eigenvalue weighted by molar-refractivity contribution is 0.628. The molecule has 4 heteroatoms. The molecule has 0 saturated heterocycles. The molecule has 1 N–H and O–H groups in total. The molecule has 3 rings (SSSR count). The maximum absolute atomic E-state index is 13.1. The summed E-state index contributed by atoms with van der Waals surface area (Å²) in [5.74, 6) is -0.409. The van der Waals surface area contributed by atoms with Crippen molar-refractivity contribution in [1.29, 1.82) is 0 Å². The van der Waals surface area contributed by atoms with Crippen LogP contribution in [-0.2, 0) is 6.54 Å². The first-order valence-electron chi connectivity index (χ1n) is 6.24. The van der Waals surface area contributed by atoms with Gasteiger partial charge in [-0.2, -0.15) is 0 Å². The predicted octanol–water partition coefficient (Wildman–Crippen LogP) is 4.64. The molecule has 0 unspecified atom stereocenters. The number of halogens is 2.